The molecule has 16 heavy (non-hydrogen) atoms. The molecule has 0 spiro atoms. The summed E-state index contributed by atoms with van der Waals surface area (Å²) in [5.74, 6) is 0.342. The highest BCUT2D eigenvalue weighted by Gasteiger charge is 2.26. The molecule has 0 radical (unpaired) electrons. The Balaban J connectivity index is 2.37. The van der Waals surface area contributed by atoms with Crippen molar-refractivity contribution in [3.8, 4) is 0 Å². The summed E-state index contributed by atoms with van der Waals surface area (Å²) in [5, 5.41) is 0. The fourth-order valence-electron chi connectivity index (χ4n) is 2.34. The number of pyridine rings is 1. The van der Waals surface area contributed by atoms with E-state index in [4.69, 9.17) is 12.2 Å². The lowest BCUT2D eigenvalue weighted by atomic mass is 9.86. The maximum absolute atomic E-state index is 5.49. The second kappa shape index (κ2) is 4.50. The molecule has 1 atom stereocenters. The molecule has 0 bridgehead atoms. The maximum Gasteiger partial charge on any atom is 0.0866 e. The SMILES string of the molecule is Cc1cnc2c(c1)CCC[C@H]2C(=S)N(C)C. The zero-order valence-electron chi connectivity index (χ0n) is 10.2. The Morgan fingerprint density at radius 1 is 1.50 bits per heavy atom. The molecule has 0 amide bonds. The fraction of sp³-hybridized carbons (Fsp3) is 0.538. The summed E-state index contributed by atoms with van der Waals surface area (Å²) in [6.07, 6.45) is 5.46. The molecule has 2 rings (SSSR count). The molecule has 0 saturated carbocycles. The summed E-state index contributed by atoms with van der Waals surface area (Å²) in [6.45, 7) is 2.10. The molecule has 1 heterocycles. The first-order valence-electron chi connectivity index (χ1n) is 5.76. The smallest absolute Gasteiger partial charge is 0.0866 e. The van der Waals surface area contributed by atoms with Crippen molar-refractivity contribution >= 4 is 17.2 Å². The predicted molar refractivity (Wildman–Crippen MR) is 70.9 cm³/mol. The third-order valence-electron chi connectivity index (χ3n) is 3.15. The van der Waals surface area contributed by atoms with Crippen LogP contribution in [0.1, 0.15) is 35.6 Å². The molecule has 1 aliphatic carbocycles. The lowest BCUT2D eigenvalue weighted by molar-refractivity contribution is 0.555. The Bertz CT molecular complexity index is 412. The van der Waals surface area contributed by atoms with E-state index in [2.05, 4.69) is 18.0 Å². The topological polar surface area (TPSA) is 16.1 Å². The normalized spacial score (nSPS) is 19.1. The van der Waals surface area contributed by atoms with Gasteiger partial charge in [-0.05, 0) is 37.3 Å². The largest absolute Gasteiger partial charge is 0.372 e. The minimum atomic E-state index is 0.342. The number of nitrogens with zero attached hydrogens (tertiary/aromatic N) is 2. The van der Waals surface area contributed by atoms with Crippen LogP contribution in [-0.4, -0.2) is 29.0 Å². The van der Waals surface area contributed by atoms with E-state index < -0.39 is 0 Å². The van der Waals surface area contributed by atoms with Crippen LogP contribution < -0.4 is 0 Å². The lowest BCUT2D eigenvalue weighted by Gasteiger charge is -2.28. The van der Waals surface area contributed by atoms with Crippen molar-refractivity contribution in [1.82, 2.24) is 9.88 Å². The summed E-state index contributed by atoms with van der Waals surface area (Å²) < 4.78 is 0. The molecule has 3 heteroatoms. The summed E-state index contributed by atoms with van der Waals surface area (Å²) >= 11 is 5.49. The van der Waals surface area contributed by atoms with Crippen LogP contribution >= 0.6 is 12.2 Å². The molecule has 0 unspecified atom stereocenters. The van der Waals surface area contributed by atoms with Crippen molar-refractivity contribution < 1.29 is 0 Å². The number of thiocarbonyl (C=S) groups is 1. The van der Waals surface area contributed by atoms with Crippen molar-refractivity contribution in [1.29, 1.82) is 0 Å². The van der Waals surface area contributed by atoms with Gasteiger partial charge in [0.15, 0.2) is 0 Å². The molecule has 1 aliphatic rings. The third kappa shape index (κ3) is 2.09. The van der Waals surface area contributed by atoms with Gasteiger partial charge >= 0.3 is 0 Å². The van der Waals surface area contributed by atoms with Crippen LogP contribution in [0.4, 0.5) is 0 Å². The molecule has 86 valence electrons. The van der Waals surface area contributed by atoms with Crippen LogP contribution in [0.15, 0.2) is 12.3 Å². The van der Waals surface area contributed by atoms with E-state index in [1.54, 1.807) is 0 Å². The van der Waals surface area contributed by atoms with Crippen LogP contribution in [0.25, 0.3) is 0 Å². The number of hydrogen-bond donors (Lipinski definition) is 0. The van der Waals surface area contributed by atoms with Crippen molar-refractivity contribution in [2.45, 2.75) is 32.1 Å². The van der Waals surface area contributed by atoms with Gasteiger partial charge in [0, 0.05) is 20.3 Å². The molecular formula is C13H18N2S. The van der Waals surface area contributed by atoms with E-state index in [-0.39, 0.29) is 0 Å². The van der Waals surface area contributed by atoms with Gasteiger partial charge < -0.3 is 4.90 Å². The van der Waals surface area contributed by atoms with Crippen LogP contribution in [0, 0.1) is 6.92 Å². The monoisotopic (exact) mass is 234 g/mol. The average molecular weight is 234 g/mol. The minimum Gasteiger partial charge on any atom is -0.372 e. The molecule has 0 saturated heterocycles. The number of aromatic nitrogens is 1. The molecule has 0 aliphatic heterocycles. The van der Waals surface area contributed by atoms with Gasteiger partial charge in [0.1, 0.15) is 0 Å². The number of hydrogen-bond acceptors (Lipinski definition) is 2. The summed E-state index contributed by atoms with van der Waals surface area (Å²) in [6, 6.07) is 2.26. The second-order valence-electron chi connectivity index (χ2n) is 4.73. The Morgan fingerprint density at radius 3 is 2.94 bits per heavy atom. The first-order valence-corrected chi connectivity index (χ1v) is 6.17. The van der Waals surface area contributed by atoms with Crippen LogP contribution in [0.2, 0.25) is 0 Å². The van der Waals surface area contributed by atoms with Gasteiger partial charge in [-0.3, -0.25) is 4.98 Å². The van der Waals surface area contributed by atoms with Gasteiger partial charge in [-0.2, -0.15) is 0 Å². The van der Waals surface area contributed by atoms with Crippen LogP contribution in [-0.2, 0) is 6.42 Å². The predicted octanol–water partition coefficient (Wildman–Crippen LogP) is 2.70. The number of fused-ring (bicyclic) bond motifs is 1. The third-order valence-corrected chi connectivity index (χ3v) is 3.80. The van der Waals surface area contributed by atoms with Crippen molar-refractivity contribution in [2.75, 3.05) is 14.1 Å². The van der Waals surface area contributed by atoms with Gasteiger partial charge in [-0.25, -0.2) is 0 Å². The van der Waals surface area contributed by atoms with Gasteiger partial charge in [-0.1, -0.05) is 18.3 Å². The van der Waals surface area contributed by atoms with Gasteiger partial charge in [0.05, 0.1) is 16.6 Å². The van der Waals surface area contributed by atoms with E-state index in [0.29, 0.717) is 5.92 Å². The molecule has 0 fully saturated rings. The molecule has 1 aromatic heterocycles. The quantitative estimate of drug-likeness (QED) is 0.695. The van der Waals surface area contributed by atoms with Crippen molar-refractivity contribution in [3.63, 3.8) is 0 Å². The average Bonchev–Trinajstić information content (AvgIpc) is 2.26. The second-order valence-corrected chi connectivity index (χ2v) is 5.15. The Hall–Kier alpha value is -0.960. The van der Waals surface area contributed by atoms with E-state index in [1.165, 1.54) is 23.2 Å². The molecule has 0 aromatic carbocycles. The zero-order chi connectivity index (χ0) is 11.7. The Morgan fingerprint density at radius 2 is 2.25 bits per heavy atom. The van der Waals surface area contributed by atoms with Crippen molar-refractivity contribution in [3.05, 3.63) is 29.1 Å². The Kier molecular flexibility index (Phi) is 3.24. The zero-order valence-corrected chi connectivity index (χ0v) is 11.0. The number of aryl methyl sites for hydroxylation is 2. The minimum absolute atomic E-state index is 0.342. The molecular weight excluding hydrogens is 216 g/mol. The van der Waals surface area contributed by atoms with E-state index in [1.807, 2.05) is 25.2 Å². The number of rotatable bonds is 1. The highest BCUT2D eigenvalue weighted by Crippen LogP contribution is 2.32. The van der Waals surface area contributed by atoms with Gasteiger partial charge in [0.2, 0.25) is 0 Å². The van der Waals surface area contributed by atoms with Gasteiger partial charge in [0.25, 0.3) is 0 Å². The standard InChI is InChI=1S/C13H18N2S/c1-9-7-10-5-4-6-11(12(10)14-8-9)13(16)15(2)3/h7-8,11H,4-6H2,1-3H3/t11-/m1/s1. The first-order chi connectivity index (χ1) is 7.59. The molecule has 0 N–H and O–H groups in total. The molecule has 1 aromatic rings. The summed E-state index contributed by atoms with van der Waals surface area (Å²) in [7, 11) is 4.04. The number of likely N-dealkylation sites (N-methyl/N-ethyl adjacent to an activating group) is 1. The van der Waals surface area contributed by atoms with Gasteiger partial charge in [-0.15, -0.1) is 0 Å². The highest BCUT2D eigenvalue weighted by molar-refractivity contribution is 7.80. The highest BCUT2D eigenvalue weighted by atomic mass is 32.1. The molecule has 2 nitrogen and oxygen atoms in total. The van der Waals surface area contributed by atoms with E-state index in [9.17, 15) is 0 Å². The lowest BCUT2D eigenvalue weighted by Crippen LogP contribution is -2.29. The Labute approximate surface area is 103 Å². The van der Waals surface area contributed by atoms with E-state index >= 15 is 0 Å². The summed E-state index contributed by atoms with van der Waals surface area (Å²) in [5.41, 5.74) is 3.84. The first kappa shape index (κ1) is 11.5. The van der Waals surface area contributed by atoms with Crippen LogP contribution in [0.5, 0.6) is 0 Å². The fourth-order valence-corrected chi connectivity index (χ4v) is 2.57. The summed E-state index contributed by atoms with van der Waals surface area (Å²) in [4.78, 5) is 7.64. The van der Waals surface area contributed by atoms with Crippen LogP contribution in [0.3, 0.4) is 0 Å². The van der Waals surface area contributed by atoms with E-state index in [0.717, 1.165) is 17.8 Å². The van der Waals surface area contributed by atoms with Crippen molar-refractivity contribution in [2.24, 2.45) is 0 Å². The maximum atomic E-state index is 5.49.